The van der Waals surface area contributed by atoms with Gasteiger partial charge in [0.2, 0.25) is 0 Å². The number of carbonyl (C=O) groups excluding carboxylic acids is 2. The number of carbonyl (C=O) groups is 2. The lowest BCUT2D eigenvalue weighted by Gasteiger charge is -2.11. The third-order valence-electron chi connectivity index (χ3n) is 4.65. The smallest absolute Gasteiger partial charge is 0.343 e. The van der Waals surface area contributed by atoms with Crippen LogP contribution < -0.4 is 4.74 Å². The van der Waals surface area contributed by atoms with Crippen LogP contribution in [0.1, 0.15) is 27.0 Å². The Bertz CT molecular complexity index is 1140. The van der Waals surface area contributed by atoms with Crippen LogP contribution in [0.25, 0.3) is 0 Å². The molecule has 6 nitrogen and oxygen atoms in total. The van der Waals surface area contributed by atoms with Crippen molar-refractivity contribution in [3.05, 3.63) is 93.5 Å². The van der Waals surface area contributed by atoms with Crippen LogP contribution >= 0.6 is 15.9 Å². The summed E-state index contributed by atoms with van der Waals surface area (Å²) in [4.78, 5) is 29.0. The monoisotopic (exact) mass is 495 g/mol. The lowest BCUT2D eigenvalue weighted by Crippen LogP contribution is -2.24. The molecule has 7 heteroatoms. The molecule has 0 aromatic heterocycles. The average Bonchev–Trinajstić information content (AvgIpc) is 2.77. The molecule has 0 spiro atoms. The summed E-state index contributed by atoms with van der Waals surface area (Å²) in [5.74, 6) is -0.439. The molecule has 3 aromatic carbocycles. The number of aliphatic hydroxyl groups is 1. The zero-order chi connectivity index (χ0) is 23.1. The first-order chi connectivity index (χ1) is 15.3. The van der Waals surface area contributed by atoms with Gasteiger partial charge in [-0.3, -0.25) is 9.79 Å². The van der Waals surface area contributed by atoms with Gasteiger partial charge in [-0.2, -0.15) is 0 Å². The lowest BCUT2D eigenvalue weighted by molar-refractivity contribution is -0.122. The number of ketones is 1. The van der Waals surface area contributed by atoms with Crippen LogP contribution in [-0.2, 0) is 11.2 Å². The molecule has 0 aliphatic carbocycles. The van der Waals surface area contributed by atoms with Crippen LogP contribution in [0.4, 0.5) is 0 Å². The highest BCUT2D eigenvalue weighted by Crippen LogP contribution is 2.22. The Kier molecular flexibility index (Phi) is 7.92. The standard InChI is InChI=1S/C25H22BrNO5/c1-16-3-2-4-19(9-16)25(31)32-22-11-18(10-20(26)13-22)14-27-23(24(30)15-28)12-17-5-7-21(29)8-6-17/h2-11,13-14,23,28-29H,12,15H2,1H3. The van der Waals surface area contributed by atoms with Gasteiger partial charge in [0.15, 0.2) is 5.78 Å². The number of aromatic hydroxyl groups is 1. The minimum absolute atomic E-state index is 0.129. The molecule has 32 heavy (non-hydrogen) atoms. The van der Waals surface area contributed by atoms with Gasteiger partial charge >= 0.3 is 5.97 Å². The van der Waals surface area contributed by atoms with Crippen molar-refractivity contribution in [2.24, 2.45) is 4.99 Å². The lowest BCUT2D eigenvalue weighted by atomic mass is 10.0. The number of aryl methyl sites for hydroxylation is 1. The molecule has 0 amide bonds. The second-order valence-corrected chi connectivity index (χ2v) is 8.18. The molecule has 0 fully saturated rings. The fourth-order valence-electron chi connectivity index (χ4n) is 3.04. The average molecular weight is 496 g/mol. The van der Waals surface area contributed by atoms with E-state index in [9.17, 15) is 19.8 Å². The van der Waals surface area contributed by atoms with Crippen LogP contribution in [0.5, 0.6) is 11.5 Å². The molecule has 3 rings (SSSR count). The molecule has 2 N–H and O–H groups in total. The molecule has 3 aromatic rings. The van der Waals surface area contributed by atoms with Crippen molar-refractivity contribution in [3.63, 3.8) is 0 Å². The Labute approximate surface area is 194 Å². The van der Waals surface area contributed by atoms with Crippen LogP contribution in [0.15, 0.2) is 76.2 Å². The van der Waals surface area contributed by atoms with Crippen LogP contribution in [0.3, 0.4) is 0 Å². The fourth-order valence-corrected chi connectivity index (χ4v) is 3.53. The number of halogens is 1. The summed E-state index contributed by atoms with van der Waals surface area (Å²) in [6.07, 6.45) is 1.78. The van der Waals surface area contributed by atoms with Gasteiger partial charge in [-0.15, -0.1) is 0 Å². The van der Waals surface area contributed by atoms with E-state index in [2.05, 4.69) is 20.9 Å². The van der Waals surface area contributed by atoms with Gasteiger partial charge in [0, 0.05) is 17.1 Å². The summed E-state index contributed by atoms with van der Waals surface area (Å²) in [6.45, 7) is 1.27. The minimum atomic E-state index is -0.790. The highest BCUT2D eigenvalue weighted by Gasteiger charge is 2.17. The summed E-state index contributed by atoms with van der Waals surface area (Å²) in [5, 5.41) is 18.7. The molecule has 0 aliphatic heterocycles. The van der Waals surface area contributed by atoms with Gasteiger partial charge in [-0.05, 0) is 60.5 Å². The molecular weight excluding hydrogens is 474 g/mol. The van der Waals surface area contributed by atoms with E-state index in [0.29, 0.717) is 21.3 Å². The molecule has 0 heterocycles. The Balaban J connectivity index is 1.78. The number of rotatable bonds is 8. The molecule has 0 saturated heterocycles. The van der Waals surface area contributed by atoms with E-state index in [0.717, 1.165) is 11.1 Å². The second kappa shape index (κ2) is 10.8. The summed E-state index contributed by atoms with van der Waals surface area (Å²) < 4.78 is 6.18. The summed E-state index contributed by atoms with van der Waals surface area (Å²) in [7, 11) is 0. The summed E-state index contributed by atoms with van der Waals surface area (Å²) >= 11 is 3.40. The highest BCUT2D eigenvalue weighted by molar-refractivity contribution is 9.10. The zero-order valence-electron chi connectivity index (χ0n) is 17.4. The highest BCUT2D eigenvalue weighted by atomic mass is 79.9. The van der Waals surface area contributed by atoms with Crippen LogP contribution in [0, 0.1) is 6.92 Å². The number of aliphatic hydroxyl groups excluding tert-OH is 1. The van der Waals surface area contributed by atoms with E-state index in [4.69, 9.17) is 4.74 Å². The quantitative estimate of drug-likeness (QED) is 0.276. The molecule has 164 valence electrons. The number of Topliss-reactive ketones (excluding diaryl/α,β-unsaturated/α-hetero) is 1. The maximum absolute atomic E-state index is 12.4. The van der Waals surface area contributed by atoms with Crippen molar-refractivity contribution in [3.8, 4) is 11.5 Å². The van der Waals surface area contributed by atoms with E-state index in [1.54, 1.807) is 48.5 Å². The topological polar surface area (TPSA) is 96.2 Å². The van der Waals surface area contributed by atoms with Crippen molar-refractivity contribution >= 4 is 33.9 Å². The van der Waals surface area contributed by atoms with Gasteiger partial charge in [0.1, 0.15) is 24.1 Å². The number of hydrogen-bond donors (Lipinski definition) is 2. The third-order valence-corrected chi connectivity index (χ3v) is 5.11. The molecule has 1 unspecified atom stereocenters. The van der Waals surface area contributed by atoms with E-state index >= 15 is 0 Å². The molecule has 1 atom stereocenters. The van der Waals surface area contributed by atoms with Crippen molar-refractivity contribution in [1.82, 2.24) is 0 Å². The number of ether oxygens (including phenoxy) is 1. The van der Waals surface area contributed by atoms with Crippen molar-refractivity contribution in [2.75, 3.05) is 6.61 Å². The van der Waals surface area contributed by atoms with Gasteiger partial charge in [-0.1, -0.05) is 45.8 Å². The number of aliphatic imine (C=N–C) groups is 1. The van der Waals surface area contributed by atoms with Gasteiger partial charge in [-0.25, -0.2) is 4.79 Å². The third kappa shape index (κ3) is 6.60. The van der Waals surface area contributed by atoms with Crippen molar-refractivity contribution in [1.29, 1.82) is 0 Å². The van der Waals surface area contributed by atoms with Crippen molar-refractivity contribution in [2.45, 2.75) is 19.4 Å². The molecular formula is C25H22BrNO5. The summed E-state index contributed by atoms with van der Waals surface area (Å²) in [6, 6.07) is 17.9. The normalized spacial score (nSPS) is 12.0. The van der Waals surface area contributed by atoms with Crippen molar-refractivity contribution < 1.29 is 24.5 Å². The zero-order valence-corrected chi connectivity index (χ0v) is 19.0. The predicted molar refractivity (Wildman–Crippen MR) is 126 cm³/mol. The molecule has 0 bridgehead atoms. The SMILES string of the molecule is Cc1cccc(C(=O)Oc2cc(Br)cc(C=NC(Cc3ccc(O)cc3)C(=O)CO)c2)c1. The van der Waals surface area contributed by atoms with Gasteiger partial charge in [0.05, 0.1) is 5.56 Å². The van der Waals surface area contributed by atoms with E-state index in [1.807, 2.05) is 13.0 Å². The van der Waals surface area contributed by atoms with E-state index in [1.165, 1.54) is 18.3 Å². The number of benzene rings is 3. The number of phenolic OH excluding ortho intramolecular Hbond substituents is 1. The fraction of sp³-hybridized carbons (Fsp3) is 0.160. The Morgan fingerprint density at radius 2 is 1.84 bits per heavy atom. The Morgan fingerprint density at radius 3 is 2.53 bits per heavy atom. The van der Waals surface area contributed by atoms with E-state index < -0.39 is 24.4 Å². The number of phenols is 1. The summed E-state index contributed by atoms with van der Waals surface area (Å²) in [5.41, 5.74) is 2.82. The largest absolute Gasteiger partial charge is 0.508 e. The number of nitrogens with zero attached hydrogens (tertiary/aromatic N) is 1. The molecule has 0 radical (unpaired) electrons. The second-order valence-electron chi connectivity index (χ2n) is 7.27. The predicted octanol–water partition coefficient (Wildman–Crippen LogP) is 4.27. The Morgan fingerprint density at radius 1 is 1.09 bits per heavy atom. The number of hydrogen-bond acceptors (Lipinski definition) is 6. The first-order valence-electron chi connectivity index (χ1n) is 9.88. The minimum Gasteiger partial charge on any atom is -0.508 e. The maximum Gasteiger partial charge on any atom is 0.343 e. The number of esters is 1. The van der Waals surface area contributed by atoms with E-state index in [-0.39, 0.29) is 12.2 Å². The first-order valence-corrected chi connectivity index (χ1v) is 10.7. The van der Waals surface area contributed by atoms with Gasteiger partial charge < -0.3 is 14.9 Å². The molecule has 0 saturated carbocycles. The first kappa shape index (κ1) is 23.4. The van der Waals surface area contributed by atoms with Crippen LogP contribution in [0.2, 0.25) is 0 Å². The maximum atomic E-state index is 12.4. The Hall–Kier alpha value is -3.29. The van der Waals surface area contributed by atoms with Gasteiger partial charge in [0.25, 0.3) is 0 Å². The van der Waals surface area contributed by atoms with Crippen LogP contribution in [-0.4, -0.2) is 40.8 Å². The molecule has 0 aliphatic rings.